The van der Waals surface area contributed by atoms with E-state index < -0.39 is 0 Å². The molecule has 1 saturated heterocycles. The van der Waals surface area contributed by atoms with E-state index in [0.29, 0.717) is 18.3 Å². The van der Waals surface area contributed by atoms with Crippen LogP contribution in [-0.4, -0.2) is 46.3 Å². The van der Waals surface area contributed by atoms with Crippen LogP contribution in [0.4, 0.5) is 0 Å². The van der Waals surface area contributed by atoms with E-state index in [1.54, 1.807) is 0 Å². The fourth-order valence-electron chi connectivity index (χ4n) is 2.61. The monoisotopic (exact) mass is 264 g/mol. The van der Waals surface area contributed by atoms with Gasteiger partial charge in [-0.1, -0.05) is 0 Å². The highest BCUT2D eigenvalue weighted by atomic mass is 16.2. The van der Waals surface area contributed by atoms with Crippen LogP contribution in [0.25, 0.3) is 0 Å². The standard InChI is InChI=1S/C14H24N4O/c1-4-17(11(2)3)14(19)13-7-9-18(16-13)12-6-5-8-15-10-12/h7,9,11-12,15H,4-6,8,10H2,1-3H3. The normalized spacial score (nSPS) is 19.7. The molecule has 5 nitrogen and oxygen atoms in total. The van der Waals surface area contributed by atoms with Crippen molar-refractivity contribution in [2.75, 3.05) is 19.6 Å². The van der Waals surface area contributed by atoms with Crippen molar-refractivity contribution in [2.24, 2.45) is 0 Å². The van der Waals surface area contributed by atoms with Crippen LogP contribution < -0.4 is 5.32 Å². The summed E-state index contributed by atoms with van der Waals surface area (Å²) in [6, 6.07) is 2.42. The Morgan fingerprint density at radius 2 is 2.42 bits per heavy atom. The van der Waals surface area contributed by atoms with Crippen LogP contribution in [0.1, 0.15) is 50.1 Å². The lowest BCUT2D eigenvalue weighted by atomic mass is 10.1. The molecule has 1 N–H and O–H groups in total. The Hall–Kier alpha value is -1.36. The summed E-state index contributed by atoms with van der Waals surface area (Å²) in [5.74, 6) is 0.0278. The maximum atomic E-state index is 12.3. The molecule has 0 bridgehead atoms. The zero-order chi connectivity index (χ0) is 13.8. The molecule has 1 aromatic heterocycles. The molecule has 1 aliphatic heterocycles. The van der Waals surface area contributed by atoms with Gasteiger partial charge in [-0.3, -0.25) is 9.48 Å². The van der Waals surface area contributed by atoms with E-state index in [1.807, 2.05) is 42.6 Å². The molecule has 5 heteroatoms. The van der Waals surface area contributed by atoms with Gasteiger partial charge in [-0.05, 0) is 46.2 Å². The van der Waals surface area contributed by atoms with Crippen LogP contribution in [0.2, 0.25) is 0 Å². The average Bonchev–Trinajstić information content (AvgIpc) is 2.89. The van der Waals surface area contributed by atoms with Gasteiger partial charge in [0, 0.05) is 25.3 Å². The van der Waals surface area contributed by atoms with Gasteiger partial charge in [0.15, 0.2) is 0 Å². The molecule has 0 spiro atoms. The first kappa shape index (κ1) is 14.1. The molecule has 1 fully saturated rings. The zero-order valence-corrected chi connectivity index (χ0v) is 12.1. The molecule has 0 aromatic carbocycles. The Kier molecular flexibility index (Phi) is 4.58. The van der Waals surface area contributed by atoms with E-state index in [-0.39, 0.29) is 11.9 Å². The molecule has 2 rings (SSSR count). The number of piperidine rings is 1. The van der Waals surface area contributed by atoms with Crippen molar-refractivity contribution in [1.29, 1.82) is 0 Å². The second kappa shape index (κ2) is 6.19. The number of nitrogens with zero attached hydrogens (tertiary/aromatic N) is 3. The quantitative estimate of drug-likeness (QED) is 0.900. The summed E-state index contributed by atoms with van der Waals surface area (Å²) in [4.78, 5) is 14.2. The lowest BCUT2D eigenvalue weighted by Gasteiger charge is -2.24. The Bertz CT molecular complexity index is 421. The van der Waals surface area contributed by atoms with Gasteiger partial charge in [-0.2, -0.15) is 5.10 Å². The Morgan fingerprint density at radius 3 is 3.00 bits per heavy atom. The molecule has 1 atom stereocenters. The highest BCUT2D eigenvalue weighted by Gasteiger charge is 2.21. The van der Waals surface area contributed by atoms with Crippen LogP contribution in [0.3, 0.4) is 0 Å². The highest BCUT2D eigenvalue weighted by Crippen LogP contribution is 2.16. The highest BCUT2D eigenvalue weighted by molar-refractivity contribution is 5.92. The summed E-state index contributed by atoms with van der Waals surface area (Å²) in [6.45, 7) is 8.80. The minimum absolute atomic E-state index is 0.0278. The van der Waals surface area contributed by atoms with E-state index in [9.17, 15) is 4.79 Å². The van der Waals surface area contributed by atoms with Crippen molar-refractivity contribution in [3.8, 4) is 0 Å². The SMILES string of the molecule is CCN(C(=O)c1ccn(C2CCCNC2)n1)C(C)C. The minimum Gasteiger partial charge on any atom is -0.335 e. The maximum absolute atomic E-state index is 12.3. The number of aromatic nitrogens is 2. The first-order valence-electron chi connectivity index (χ1n) is 7.20. The summed E-state index contributed by atoms with van der Waals surface area (Å²) in [5, 5.41) is 7.84. The van der Waals surface area contributed by atoms with E-state index in [2.05, 4.69) is 10.4 Å². The lowest BCUT2D eigenvalue weighted by Crippen LogP contribution is -2.37. The minimum atomic E-state index is 0.0278. The van der Waals surface area contributed by atoms with Crippen molar-refractivity contribution in [3.63, 3.8) is 0 Å². The predicted octanol–water partition coefficient (Wildman–Crippen LogP) is 1.68. The van der Waals surface area contributed by atoms with Crippen LogP contribution in [-0.2, 0) is 0 Å². The van der Waals surface area contributed by atoms with Gasteiger partial charge in [-0.25, -0.2) is 0 Å². The number of carbonyl (C=O) groups is 1. The second-order valence-corrected chi connectivity index (χ2v) is 5.37. The molecule has 19 heavy (non-hydrogen) atoms. The van der Waals surface area contributed by atoms with E-state index in [1.165, 1.54) is 6.42 Å². The van der Waals surface area contributed by atoms with Crippen molar-refractivity contribution in [2.45, 2.75) is 45.7 Å². The third kappa shape index (κ3) is 3.15. The van der Waals surface area contributed by atoms with E-state index in [4.69, 9.17) is 0 Å². The van der Waals surface area contributed by atoms with E-state index >= 15 is 0 Å². The number of hydrogen-bond donors (Lipinski definition) is 1. The molecule has 1 aliphatic rings. The average molecular weight is 264 g/mol. The van der Waals surface area contributed by atoms with Crippen molar-refractivity contribution >= 4 is 5.91 Å². The maximum Gasteiger partial charge on any atom is 0.274 e. The number of amides is 1. The van der Waals surface area contributed by atoms with Gasteiger partial charge in [0.25, 0.3) is 5.91 Å². The summed E-state index contributed by atoms with van der Waals surface area (Å²) in [5.41, 5.74) is 0.557. The number of hydrogen-bond acceptors (Lipinski definition) is 3. The molecule has 1 aromatic rings. The number of carbonyl (C=O) groups excluding carboxylic acids is 1. The Morgan fingerprint density at radius 1 is 1.63 bits per heavy atom. The molecule has 0 saturated carbocycles. The first-order chi connectivity index (χ1) is 9.13. The van der Waals surface area contributed by atoms with E-state index in [0.717, 1.165) is 19.5 Å². The summed E-state index contributed by atoms with van der Waals surface area (Å²) < 4.78 is 1.94. The van der Waals surface area contributed by atoms with Gasteiger partial charge in [0.1, 0.15) is 5.69 Å². The third-order valence-corrected chi connectivity index (χ3v) is 3.70. The van der Waals surface area contributed by atoms with Crippen LogP contribution in [0.15, 0.2) is 12.3 Å². The van der Waals surface area contributed by atoms with Gasteiger partial charge in [0.05, 0.1) is 6.04 Å². The van der Waals surface area contributed by atoms with Crippen LogP contribution in [0, 0.1) is 0 Å². The molecular weight excluding hydrogens is 240 g/mol. The van der Waals surface area contributed by atoms with Crippen molar-refractivity contribution in [3.05, 3.63) is 18.0 Å². The van der Waals surface area contributed by atoms with Crippen LogP contribution >= 0.6 is 0 Å². The summed E-state index contributed by atoms with van der Waals surface area (Å²) in [7, 11) is 0. The van der Waals surface area contributed by atoms with Gasteiger partial charge in [0.2, 0.25) is 0 Å². The fourth-order valence-corrected chi connectivity index (χ4v) is 2.61. The molecule has 2 heterocycles. The van der Waals surface area contributed by atoms with Crippen molar-refractivity contribution in [1.82, 2.24) is 20.0 Å². The first-order valence-corrected chi connectivity index (χ1v) is 7.20. The smallest absolute Gasteiger partial charge is 0.274 e. The molecule has 1 unspecified atom stereocenters. The molecule has 0 aliphatic carbocycles. The summed E-state index contributed by atoms with van der Waals surface area (Å²) in [6.07, 6.45) is 4.23. The van der Waals surface area contributed by atoms with Crippen molar-refractivity contribution < 1.29 is 4.79 Å². The van der Waals surface area contributed by atoms with Gasteiger partial charge >= 0.3 is 0 Å². The Balaban J connectivity index is 2.09. The van der Waals surface area contributed by atoms with Gasteiger partial charge in [-0.15, -0.1) is 0 Å². The lowest BCUT2D eigenvalue weighted by molar-refractivity contribution is 0.0709. The fraction of sp³-hybridized carbons (Fsp3) is 0.714. The predicted molar refractivity (Wildman–Crippen MR) is 75.2 cm³/mol. The molecular formula is C14H24N4O. The number of nitrogens with one attached hydrogen (secondary N) is 1. The van der Waals surface area contributed by atoms with Gasteiger partial charge < -0.3 is 10.2 Å². The zero-order valence-electron chi connectivity index (χ0n) is 12.1. The summed E-state index contributed by atoms with van der Waals surface area (Å²) >= 11 is 0. The Labute approximate surface area is 115 Å². The number of rotatable bonds is 4. The molecule has 106 valence electrons. The third-order valence-electron chi connectivity index (χ3n) is 3.70. The van der Waals surface area contributed by atoms with Crippen LogP contribution in [0.5, 0.6) is 0 Å². The largest absolute Gasteiger partial charge is 0.335 e. The topological polar surface area (TPSA) is 50.2 Å². The molecule has 0 radical (unpaired) electrons. The molecule has 1 amide bonds. The second-order valence-electron chi connectivity index (χ2n) is 5.37.